The van der Waals surface area contributed by atoms with Crippen LogP contribution in [0.2, 0.25) is 0 Å². The number of thioether (sulfide) groups is 1. The SMILES string of the molecule is COc1ccc(CSC(C)(C)C2CNCCN2)cc1. The fourth-order valence-corrected chi connectivity index (χ4v) is 3.34. The quantitative estimate of drug-likeness (QED) is 0.867. The van der Waals surface area contributed by atoms with E-state index in [4.69, 9.17) is 4.74 Å². The van der Waals surface area contributed by atoms with Gasteiger partial charge in [-0.1, -0.05) is 12.1 Å². The Morgan fingerprint density at radius 3 is 2.58 bits per heavy atom. The fraction of sp³-hybridized carbons (Fsp3) is 0.600. The first-order chi connectivity index (χ1) is 9.12. The Morgan fingerprint density at radius 1 is 1.26 bits per heavy atom. The van der Waals surface area contributed by atoms with E-state index in [1.165, 1.54) is 5.56 Å². The molecule has 0 radical (unpaired) electrons. The Kier molecular flexibility index (Phi) is 5.13. The summed E-state index contributed by atoms with van der Waals surface area (Å²) >= 11 is 2.01. The zero-order valence-electron chi connectivity index (χ0n) is 12.0. The van der Waals surface area contributed by atoms with Crippen LogP contribution in [-0.2, 0) is 5.75 Å². The highest BCUT2D eigenvalue weighted by Crippen LogP contribution is 2.32. The molecule has 1 saturated heterocycles. The Hall–Kier alpha value is -0.710. The average Bonchev–Trinajstić information content (AvgIpc) is 2.47. The van der Waals surface area contributed by atoms with Crippen molar-refractivity contribution in [1.82, 2.24) is 10.6 Å². The minimum atomic E-state index is 0.230. The molecule has 1 unspecified atom stereocenters. The van der Waals surface area contributed by atoms with E-state index in [9.17, 15) is 0 Å². The molecule has 0 aliphatic carbocycles. The summed E-state index contributed by atoms with van der Waals surface area (Å²) in [6.45, 7) is 7.85. The molecule has 1 atom stereocenters. The summed E-state index contributed by atoms with van der Waals surface area (Å²) in [6, 6.07) is 8.89. The third-order valence-corrected chi connectivity index (χ3v) is 5.16. The molecule has 1 aromatic rings. The van der Waals surface area contributed by atoms with Crippen molar-refractivity contribution in [3.63, 3.8) is 0 Å². The van der Waals surface area contributed by atoms with Crippen molar-refractivity contribution in [1.29, 1.82) is 0 Å². The van der Waals surface area contributed by atoms with Gasteiger partial charge in [0.2, 0.25) is 0 Å². The second kappa shape index (κ2) is 6.64. The standard InChI is InChI=1S/C15H24N2OS/c1-15(2,14-10-16-8-9-17-14)19-11-12-4-6-13(18-3)7-5-12/h4-7,14,16-17H,8-11H2,1-3H3. The van der Waals surface area contributed by atoms with Crippen LogP contribution in [0.1, 0.15) is 19.4 Å². The van der Waals surface area contributed by atoms with Crippen LogP contribution >= 0.6 is 11.8 Å². The third kappa shape index (κ3) is 4.13. The minimum absolute atomic E-state index is 0.230. The maximum Gasteiger partial charge on any atom is 0.118 e. The minimum Gasteiger partial charge on any atom is -0.497 e. The van der Waals surface area contributed by atoms with Gasteiger partial charge in [0.15, 0.2) is 0 Å². The molecule has 1 fully saturated rings. The smallest absolute Gasteiger partial charge is 0.118 e. The summed E-state index contributed by atoms with van der Waals surface area (Å²) in [6.07, 6.45) is 0. The summed E-state index contributed by atoms with van der Waals surface area (Å²) in [5.74, 6) is 1.96. The molecule has 0 amide bonds. The molecule has 1 aromatic carbocycles. The number of piperazine rings is 1. The predicted octanol–water partition coefficient (Wildman–Crippen LogP) is 2.27. The molecule has 1 aliphatic rings. The fourth-order valence-electron chi connectivity index (χ4n) is 2.24. The largest absolute Gasteiger partial charge is 0.497 e. The second-order valence-corrected chi connectivity index (χ2v) is 7.08. The number of nitrogens with one attached hydrogen (secondary N) is 2. The van der Waals surface area contributed by atoms with E-state index in [2.05, 4.69) is 36.6 Å². The van der Waals surface area contributed by atoms with Gasteiger partial charge in [-0.3, -0.25) is 0 Å². The van der Waals surface area contributed by atoms with Crippen LogP contribution in [-0.4, -0.2) is 37.5 Å². The molecule has 0 aromatic heterocycles. The monoisotopic (exact) mass is 280 g/mol. The summed E-state index contributed by atoms with van der Waals surface area (Å²) in [4.78, 5) is 0. The van der Waals surface area contributed by atoms with Crippen molar-refractivity contribution in [3.05, 3.63) is 29.8 Å². The molecule has 0 bridgehead atoms. The van der Waals surface area contributed by atoms with Crippen LogP contribution in [0.5, 0.6) is 5.75 Å². The molecular formula is C15H24N2OS. The zero-order valence-corrected chi connectivity index (χ0v) is 12.8. The van der Waals surface area contributed by atoms with E-state index in [0.717, 1.165) is 31.1 Å². The molecule has 1 aliphatic heterocycles. The number of ether oxygens (including phenoxy) is 1. The van der Waals surface area contributed by atoms with E-state index in [1.807, 2.05) is 23.9 Å². The molecule has 1 heterocycles. The van der Waals surface area contributed by atoms with Crippen LogP contribution in [0.4, 0.5) is 0 Å². The van der Waals surface area contributed by atoms with Gasteiger partial charge in [0.1, 0.15) is 5.75 Å². The highest BCUT2D eigenvalue weighted by molar-refractivity contribution is 7.99. The van der Waals surface area contributed by atoms with Crippen LogP contribution < -0.4 is 15.4 Å². The van der Waals surface area contributed by atoms with Gasteiger partial charge < -0.3 is 15.4 Å². The number of hydrogen-bond donors (Lipinski definition) is 2. The molecule has 106 valence electrons. The Bertz CT molecular complexity index is 386. The topological polar surface area (TPSA) is 33.3 Å². The molecule has 2 N–H and O–H groups in total. The molecule has 19 heavy (non-hydrogen) atoms. The van der Waals surface area contributed by atoms with Crippen molar-refractivity contribution in [2.24, 2.45) is 0 Å². The van der Waals surface area contributed by atoms with Crippen LogP contribution in [0.15, 0.2) is 24.3 Å². The summed E-state index contributed by atoms with van der Waals surface area (Å²) in [5.41, 5.74) is 1.35. The summed E-state index contributed by atoms with van der Waals surface area (Å²) in [7, 11) is 1.70. The maximum atomic E-state index is 5.18. The van der Waals surface area contributed by atoms with Gasteiger partial charge in [-0.2, -0.15) is 0 Å². The first kappa shape index (κ1) is 14.7. The third-order valence-electron chi connectivity index (χ3n) is 3.65. The van der Waals surface area contributed by atoms with E-state index in [1.54, 1.807) is 7.11 Å². The van der Waals surface area contributed by atoms with Gasteiger partial charge >= 0.3 is 0 Å². The van der Waals surface area contributed by atoms with Gasteiger partial charge in [0.05, 0.1) is 7.11 Å². The second-order valence-electron chi connectivity index (χ2n) is 5.45. The predicted molar refractivity (Wildman–Crippen MR) is 83.0 cm³/mol. The van der Waals surface area contributed by atoms with Crippen molar-refractivity contribution >= 4 is 11.8 Å². The van der Waals surface area contributed by atoms with Crippen LogP contribution in [0.3, 0.4) is 0 Å². The molecule has 4 heteroatoms. The highest BCUT2D eigenvalue weighted by Gasteiger charge is 2.30. The summed E-state index contributed by atoms with van der Waals surface area (Å²) in [5, 5.41) is 7.07. The lowest BCUT2D eigenvalue weighted by Crippen LogP contribution is -2.56. The molecular weight excluding hydrogens is 256 g/mol. The van der Waals surface area contributed by atoms with Gasteiger partial charge in [0.25, 0.3) is 0 Å². The van der Waals surface area contributed by atoms with Crippen molar-refractivity contribution in [2.75, 3.05) is 26.7 Å². The van der Waals surface area contributed by atoms with Crippen LogP contribution in [0.25, 0.3) is 0 Å². The Balaban J connectivity index is 1.88. The first-order valence-corrected chi connectivity index (χ1v) is 7.81. The molecule has 2 rings (SSSR count). The van der Waals surface area contributed by atoms with E-state index < -0.39 is 0 Å². The molecule has 3 nitrogen and oxygen atoms in total. The van der Waals surface area contributed by atoms with Gasteiger partial charge in [-0.05, 0) is 31.5 Å². The molecule has 0 spiro atoms. The number of benzene rings is 1. The number of hydrogen-bond acceptors (Lipinski definition) is 4. The van der Waals surface area contributed by atoms with E-state index in [0.29, 0.717) is 6.04 Å². The maximum absolute atomic E-state index is 5.18. The van der Waals surface area contributed by atoms with Crippen molar-refractivity contribution in [2.45, 2.75) is 30.4 Å². The highest BCUT2D eigenvalue weighted by atomic mass is 32.2. The number of methoxy groups -OCH3 is 1. The van der Waals surface area contributed by atoms with Crippen LogP contribution in [0, 0.1) is 0 Å². The normalized spacial score (nSPS) is 20.3. The van der Waals surface area contributed by atoms with Gasteiger partial charge in [-0.15, -0.1) is 11.8 Å². The lowest BCUT2D eigenvalue weighted by Gasteiger charge is -2.37. The lowest BCUT2D eigenvalue weighted by molar-refractivity contribution is 0.365. The van der Waals surface area contributed by atoms with Crippen molar-refractivity contribution < 1.29 is 4.74 Å². The van der Waals surface area contributed by atoms with E-state index in [-0.39, 0.29) is 4.75 Å². The van der Waals surface area contributed by atoms with Gasteiger partial charge in [0, 0.05) is 36.2 Å². The van der Waals surface area contributed by atoms with E-state index >= 15 is 0 Å². The number of rotatable bonds is 5. The lowest BCUT2D eigenvalue weighted by atomic mass is 10.0. The Labute approximate surface area is 120 Å². The first-order valence-electron chi connectivity index (χ1n) is 6.83. The molecule has 0 saturated carbocycles. The Morgan fingerprint density at radius 2 is 2.00 bits per heavy atom. The zero-order chi connectivity index (χ0) is 13.7. The van der Waals surface area contributed by atoms with Gasteiger partial charge in [-0.25, -0.2) is 0 Å². The summed E-state index contributed by atoms with van der Waals surface area (Å²) < 4.78 is 5.41. The average molecular weight is 280 g/mol. The van der Waals surface area contributed by atoms with Crippen molar-refractivity contribution in [3.8, 4) is 5.75 Å².